The third kappa shape index (κ3) is 6.56. The van der Waals surface area contributed by atoms with Crippen molar-refractivity contribution in [2.75, 3.05) is 13.2 Å². The smallest absolute Gasteiger partial charge is 0.408 e. The summed E-state index contributed by atoms with van der Waals surface area (Å²) in [5.41, 5.74) is -0.704. The molecule has 3 rings (SSSR count). The number of alkyl carbamates (subject to hydrolysis) is 1. The van der Waals surface area contributed by atoms with Gasteiger partial charge in [-0.05, 0) is 70.9 Å². The SMILES string of the molecule is CCC(c1ccc(Oc2cccc(O)c2)cc1Cl)C1(NC(=O)OC(C)(C)C)COC(C)(C)OC1. The highest BCUT2D eigenvalue weighted by Gasteiger charge is 2.48. The number of nitrogens with one attached hydrogen (secondary N) is 1. The van der Waals surface area contributed by atoms with E-state index in [0.717, 1.165) is 5.56 Å². The number of halogens is 1. The Balaban J connectivity index is 1.90. The number of hydrogen-bond donors (Lipinski definition) is 2. The van der Waals surface area contributed by atoms with Gasteiger partial charge in [-0.2, -0.15) is 0 Å². The Hall–Kier alpha value is -2.48. The van der Waals surface area contributed by atoms with Crippen LogP contribution in [-0.2, 0) is 14.2 Å². The first-order chi connectivity index (χ1) is 15.8. The summed E-state index contributed by atoms with van der Waals surface area (Å²) in [5, 5.41) is 13.2. The monoisotopic (exact) mass is 491 g/mol. The summed E-state index contributed by atoms with van der Waals surface area (Å²) >= 11 is 6.73. The molecule has 1 unspecified atom stereocenters. The first-order valence-electron chi connectivity index (χ1n) is 11.4. The third-order valence-electron chi connectivity index (χ3n) is 5.58. The number of rotatable bonds is 6. The Labute approximate surface area is 206 Å². The Bertz CT molecular complexity index is 1010. The van der Waals surface area contributed by atoms with E-state index in [2.05, 4.69) is 5.32 Å². The van der Waals surface area contributed by atoms with Gasteiger partial charge in [0, 0.05) is 17.0 Å². The zero-order chi connectivity index (χ0) is 25.1. The Morgan fingerprint density at radius 3 is 2.35 bits per heavy atom. The summed E-state index contributed by atoms with van der Waals surface area (Å²) in [5.74, 6) is 0.149. The minimum absolute atomic E-state index is 0.113. The molecule has 0 aromatic heterocycles. The lowest BCUT2D eigenvalue weighted by molar-refractivity contribution is -0.273. The van der Waals surface area contributed by atoms with Crippen LogP contribution in [-0.4, -0.2) is 41.3 Å². The molecule has 1 amide bonds. The lowest BCUT2D eigenvalue weighted by atomic mass is 9.77. The number of phenols is 1. The molecule has 0 bridgehead atoms. The fraction of sp³-hybridized carbons (Fsp3) is 0.500. The Morgan fingerprint density at radius 1 is 1.15 bits per heavy atom. The molecule has 1 saturated heterocycles. The fourth-order valence-corrected chi connectivity index (χ4v) is 4.30. The van der Waals surface area contributed by atoms with Crippen LogP contribution in [0.5, 0.6) is 17.2 Å². The second kappa shape index (κ2) is 10.0. The molecule has 1 atom stereocenters. The first-order valence-corrected chi connectivity index (χ1v) is 11.8. The van der Waals surface area contributed by atoms with E-state index < -0.39 is 23.0 Å². The Morgan fingerprint density at radius 2 is 1.79 bits per heavy atom. The van der Waals surface area contributed by atoms with Crippen LogP contribution in [0.4, 0.5) is 4.79 Å². The molecule has 0 radical (unpaired) electrons. The molecule has 186 valence electrons. The average molecular weight is 492 g/mol. The van der Waals surface area contributed by atoms with Gasteiger partial charge in [-0.25, -0.2) is 4.79 Å². The van der Waals surface area contributed by atoms with Gasteiger partial charge in [0.25, 0.3) is 0 Å². The van der Waals surface area contributed by atoms with Crippen molar-refractivity contribution >= 4 is 17.7 Å². The van der Waals surface area contributed by atoms with Gasteiger partial charge in [0.15, 0.2) is 5.79 Å². The van der Waals surface area contributed by atoms with E-state index in [1.807, 2.05) is 53.7 Å². The van der Waals surface area contributed by atoms with Crippen LogP contribution in [0.2, 0.25) is 5.02 Å². The number of carbonyl (C=O) groups is 1. The normalized spacial score (nSPS) is 18.1. The molecule has 2 aromatic rings. The number of amides is 1. The quantitative estimate of drug-likeness (QED) is 0.487. The summed E-state index contributed by atoms with van der Waals surface area (Å²) in [6.07, 6.45) is 0.118. The van der Waals surface area contributed by atoms with Crippen LogP contribution >= 0.6 is 11.6 Å². The molecule has 0 aliphatic carbocycles. The lowest BCUT2D eigenvalue weighted by Gasteiger charge is -2.48. The van der Waals surface area contributed by atoms with E-state index in [1.165, 1.54) is 6.07 Å². The van der Waals surface area contributed by atoms with E-state index in [9.17, 15) is 9.90 Å². The zero-order valence-electron chi connectivity index (χ0n) is 20.6. The van der Waals surface area contributed by atoms with Crippen LogP contribution in [0.15, 0.2) is 42.5 Å². The van der Waals surface area contributed by atoms with Crippen LogP contribution in [0.1, 0.15) is 59.4 Å². The highest BCUT2D eigenvalue weighted by Crippen LogP contribution is 2.41. The van der Waals surface area contributed by atoms with Crippen molar-refractivity contribution < 1.29 is 28.8 Å². The molecular formula is C26H34ClNO6. The van der Waals surface area contributed by atoms with E-state index in [4.69, 9.17) is 30.5 Å². The van der Waals surface area contributed by atoms with Crippen molar-refractivity contribution in [2.24, 2.45) is 0 Å². The minimum Gasteiger partial charge on any atom is -0.508 e. The summed E-state index contributed by atoms with van der Waals surface area (Å²) in [4.78, 5) is 12.8. The average Bonchev–Trinajstić information content (AvgIpc) is 2.71. The maximum absolute atomic E-state index is 12.8. The molecular weight excluding hydrogens is 458 g/mol. The molecule has 7 nitrogen and oxygen atoms in total. The van der Waals surface area contributed by atoms with E-state index in [0.29, 0.717) is 22.9 Å². The summed E-state index contributed by atoms with van der Waals surface area (Å²) in [6, 6.07) is 11.9. The van der Waals surface area contributed by atoms with Gasteiger partial charge in [0.1, 0.15) is 22.8 Å². The van der Waals surface area contributed by atoms with Crippen molar-refractivity contribution in [2.45, 2.75) is 70.8 Å². The van der Waals surface area contributed by atoms with Gasteiger partial charge < -0.3 is 29.4 Å². The summed E-state index contributed by atoms with van der Waals surface area (Å²) < 4.78 is 23.4. The number of ether oxygens (including phenoxy) is 4. The van der Waals surface area contributed by atoms with Gasteiger partial charge in [0.2, 0.25) is 0 Å². The second-order valence-corrected chi connectivity index (χ2v) is 10.4. The van der Waals surface area contributed by atoms with Gasteiger partial charge >= 0.3 is 6.09 Å². The first kappa shape index (κ1) is 26.1. The van der Waals surface area contributed by atoms with Crippen molar-refractivity contribution in [1.29, 1.82) is 0 Å². The van der Waals surface area contributed by atoms with E-state index in [-0.39, 0.29) is 24.9 Å². The van der Waals surface area contributed by atoms with E-state index >= 15 is 0 Å². The summed E-state index contributed by atoms with van der Waals surface area (Å²) in [7, 11) is 0. The number of aromatic hydroxyl groups is 1. The van der Waals surface area contributed by atoms with Crippen LogP contribution in [0.3, 0.4) is 0 Å². The van der Waals surface area contributed by atoms with Crippen molar-refractivity contribution in [3.05, 3.63) is 53.1 Å². The van der Waals surface area contributed by atoms with Crippen LogP contribution in [0, 0.1) is 0 Å². The highest BCUT2D eigenvalue weighted by atomic mass is 35.5. The predicted molar refractivity (Wildman–Crippen MR) is 131 cm³/mol. The molecule has 8 heteroatoms. The van der Waals surface area contributed by atoms with Crippen molar-refractivity contribution in [3.8, 4) is 17.2 Å². The van der Waals surface area contributed by atoms with Gasteiger partial charge in [-0.1, -0.05) is 30.7 Å². The molecule has 0 saturated carbocycles. The highest BCUT2D eigenvalue weighted by molar-refractivity contribution is 6.31. The topological polar surface area (TPSA) is 86.3 Å². The minimum atomic E-state index is -0.885. The largest absolute Gasteiger partial charge is 0.508 e. The second-order valence-electron chi connectivity index (χ2n) is 10.0. The molecule has 1 fully saturated rings. The van der Waals surface area contributed by atoms with Crippen LogP contribution in [0.25, 0.3) is 0 Å². The molecule has 2 N–H and O–H groups in total. The third-order valence-corrected chi connectivity index (χ3v) is 5.91. The number of benzene rings is 2. The molecule has 1 aliphatic heterocycles. The van der Waals surface area contributed by atoms with Gasteiger partial charge in [-0.15, -0.1) is 0 Å². The van der Waals surface area contributed by atoms with Gasteiger partial charge in [-0.3, -0.25) is 0 Å². The Kier molecular flexibility index (Phi) is 7.70. The maximum atomic E-state index is 12.8. The van der Waals surface area contributed by atoms with Crippen molar-refractivity contribution in [1.82, 2.24) is 5.32 Å². The molecule has 0 spiro atoms. The number of carbonyl (C=O) groups excluding carboxylic acids is 1. The lowest BCUT2D eigenvalue weighted by Crippen LogP contribution is -2.64. The van der Waals surface area contributed by atoms with Gasteiger partial charge in [0.05, 0.1) is 18.8 Å². The standard InChI is InChI=1S/C26H34ClNO6/c1-7-21(20-12-11-19(14-22(20)27)33-18-10-8-9-17(29)13-18)26(15-31-25(5,6)32-16-26)28-23(30)34-24(2,3)4/h8-14,21,29H,7,15-16H2,1-6H3,(H,28,30). The zero-order valence-corrected chi connectivity index (χ0v) is 21.4. The molecule has 2 aromatic carbocycles. The maximum Gasteiger partial charge on any atom is 0.408 e. The summed E-state index contributed by atoms with van der Waals surface area (Å²) in [6.45, 7) is 11.6. The molecule has 1 aliphatic rings. The van der Waals surface area contributed by atoms with E-state index in [1.54, 1.807) is 24.3 Å². The molecule has 1 heterocycles. The van der Waals surface area contributed by atoms with Crippen LogP contribution < -0.4 is 10.1 Å². The number of hydrogen-bond acceptors (Lipinski definition) is 6. The number of phenolic OH excluding ortho intramolecular Hbond substituents is 1. The molecule has 34 heavy (non-hydrogen) atoms. The fourth-order valence-electron chi connectivity index (χ4n) is 4.00. The van der Waals surface area contributed by atoms with Crippen molar-refractivity contribution in [3.63, 3.8) is 0 Å². The predicted octanol–water partition coefficient (Wildman–Crippen LogP) is 6.38.